The zero-order chi connectivity index (χ0) is 21.6. The molecule has 1 atom stereocenters. The monoisotopic (exact) mass is 414 g/mol. The van der Waals surface area contributed by atoms with Gasteiger partial charge in [0.05, 0.1) is 12.1 Å². The molecule has 1 aliphatic heterocycles. The third kappa shape index (κ3) is 6.60. The highest BCUT2D eigenvalue weighted by atomic mass is 19.4. The van der Waals surface area contributed by atoms with Gasteiger partial charge in [-0.25, -0.2) is 4.39 Å². The largest absolute Gasteiger partial charge is 0.696 e. The molecule has 0 spiro atoms. The number of carboxylic acids is 1. The number of nitrogens with one attached hydrogen (secondary N) is 1. The molecule has 1 aliphatic rings. The van der Waals surface area contributed by atoms with Gasteiger partial charge in [-0.3, -0.25) is 19.1 Å². The van der Waals surface area contributed by atoms with Gasteiger partial charge in [-0.2, -0.15) is 13.2 Å². The van der Waals surface area contributed by atoms with Crippen molar-refractivity contribution >= 4 is 11.7 Å². The molecule has 10 heteroatoms. The third-order valence-corrected chi connectivity index (χ3v) is 4.38. The Labute approximate surface area is 164 Å². The average Bonchev–Trinajstić information content (AvgIpc) is 3.12. The molecule has 1 saturated heterocycles. The Morgan fingerprint density at radius 3 is 2.55 bits per heavy atom. The zero-order valence-electron chi connectivity index (χ0n) is 15.3. The Bertz CT molecular complexity index is 899. The van der Waals surface area contributed by atoms with E-state index in [-0.39, 0.29) is 17.8 Å². The summed E-state index contributed by atoms with van der Waals surface area (Å²) >= 11 is 0. The Hall–Kier alpha value is -2.88. The van der Waals surface area contributed by atoms with Crippen molar-refractivity contribution in [2.75, 3.05) is 13.1 Å². The molecule has 2 heterocycles. The number of hydrogen-bond acceptors (Lipinski definition) is 3. The van der Waals surface area contributed by atoms with Crippen LogP contribution in [0.5, 0.6) is 0 Å². The minimum absolute atomic E-state index is 0.178. The van der Waals surface area contributed by atoms with Gasteiger partial charge in [0.15, 0.2) is 0 Å². The number of alkyl halides is 3. The van der Waals surface area contributed by atoms with Crippen molar-refractivity contribution in [2.24, 2.45) is 0 Å². The molecule has 0 saturated carbocycles. The number of aromatic nitrogens is 1. The van der Waals surface area contributed by atoms with Crippen LogP contribution in [0, 0.1) is 5.82 Å². The van der Waals surface area contributed by atoms with Crippen molar-refractivity contribution in [1.82, 2.24) is 9.47 Å². The molecule has 29 heavy (non-hydrogen) atoms. The van der Waals surface area contributed by atoms with Crippen LogP contribution in [0.1, 0.15) is 19.3 Å². The topological polar surface area (TPSA) is 86.3 Å². The highest BCUT2D eigenvalue weighted by Gasteiger charge is 2.34. The van der Waals surface area contributed by atoms with Crippen molar-refractivity contribution in [2.45, 2.75) is 31.5 Å². The predicted octanol–water partition coefficient (Wildman–Crippen LogP) is 4.15. The molecule has 158 valence electrons. The van der Waals surface area contributed by atoms with Crippen molar-refractivity contribution in [3.05, 3.63) is 64.5 Å². The van der Waals surface area contributed by atoms with Crippen molar-refractivity contribution in [3.63, 3.8) is 0 Å². The lowest BCUT2D eigenvalue weighted by Crippen LogP contribution is -2.37. The second-order valence-corrected chi connectivity index (χ2v) is 6.47. The highest BCUT2D eigenvalue weighted by molar-refractivity contribution is 5.73. The Balaban J connectivity index is 0.000000208. The normalized spacial score (nSPS) is 16.9. The number of benzene rings is 1. The molecule has 0 radical (unpaired) electrons. The Morgan fingerprint density at radius 2 is 1.97 bits per heavy atom. The zero-order valence-corrected chi connectivity index (χ0v) is 15.3. The van der Waals surface area contributed by atoms with Crippen LogP contribution >= 0.6 is 0 Å². The van der Waals surface area contributed by atoms with Crippen LogP contribution < -0.4 is 5.56 Å². The molecule has 1 aromatic heterocycles. The van der Waals surface area contributed by atoms with Crippen molar-refractivity contribution < 1.29 is 27.5 Å². The first-order valence-corrected chi connectivity index (χ1v) is 8.81. The van der Waals surface area contributed by atoms with Crippen LogP contribution in [0.3, 0.4) is 0 Å². The number of carbonyl (C=O) groups is 1. The second kappa shape index (κ2) is 9.55. The van der Waals surface area contributed by atoms with Gasteiger partial charge in [0.25, 0.3) is 5.56 Å². The number of rotatable bonds is 4. The van der Waals surface area contributed by atoms with Crippen LogP contribution in [0.15, 0.2) is 47.4 Å². The van der Waals surface area contributed by atoms with E-state index in [1.54, 1.807) is 18.3 Å². The van der Waals surface area contributed by atoms with Crippen LogP contribution in [-0.4, -0.2) is 45.9 Å². The first-order valence-electron chi connectivity index (χ1n) is 8.81. The third-order valence-electron chi connectivity index (χ3n) is 4.38. The van der Waals surface area contributed by atoms with Crippen molar-refractivity contribution in [1.29, 1.82) is 0 Å². The van der Waals surface area contributed by atoms with Gasteiger partial charge in [-0.05, 0) is 37.6 Å². The maximum absolute atomic E-state index is 13.1. The number of likely N-dealkylation sites (tertiary alicyclic amines) is 1. The molecule has 1 unspecified atom stereocenters. The lowest BCUT2D eigenvalue weighted by atomic mass is 10.2. The highest BCUT2D eigenvalue weighted by Crippen LogP contribution is 2.24. The van der Waals surface area contributed by atoms with Crippen LogP contribution in [-0.2, 0) is 4.79 Å². The van der Waals surface area contributed by atoms with E-state index in [2.05, 4.69) is 0 Å². The first kappa shape index (κ1) is 22.4. The molecule has 3 rings (SSSR count). The summed E-state index contributed by atoms with van der Waals surface area (Å²) in [4.78, 5) is 23.4. The van der Waals surface area contributed by atoms with Gasteiger partial charge in [-0.15, -0.1) is 5.69 Å². The number of hydrogen-bond donors (Lipinski definition) is 1. The van der Waals surface area contributed by atoms with E-state index in [1.165, 1.54) is 33.7 Å². The van der Waals surface area contributed by atoms with Gasteiger partial charge < -0.3 is 10.8 Å². The molecule has 0 amide bonds. The van der Waals surface area contributed by atoms with E-state index in [0.29, 0.717) is 25.1 Å². The molecule has 1 aromatic carbocycles. The quantitative estimate of drug-likeness (QED) is 0.762. The molecular weight excluding hydrogens is 394 g/mol. The smallest absolute Gasteiger partial charge is 0.390 e. The summed E-state index contributed by atoms with van der Waals surface area (Å²) in [5, 5.41) is 8.69. The summed E-state index contributed by atoms with van der Waals surface area (Å²) < 4.78 is 50.0. The summed E-state index contributed by atoms with van der Waals surface area (Å²) in [6.45, 7) is 0.244. The van der Waals surface area contributed by atoms with Crippen LogP contribution in [0.4, 0.5) is 23.2 Å². The summed E-state index contributed by atoms with van der Waals surface area (Å²) in [7, 11) is 0. The summed E-state index contributed by atoms with van der Waals surface area (Å²) in [6, 6.07) is 8.01. The van der Waals surface area contributed by atoms with Gasteiger partial charge in [0.2, 0.25) is 0 Å². The number of carboxylic acid groups (broad SMARTS) is 1. The van der Waals surface area contributed by atoms with Crippen LogP contribution in [0.25, 0.3) is 11.4 Å². The van der Waals surface area contributed by atoms with Gasteiger partial charge in [0.1, 0.15) is 11.9 Å². The fourth-order valence-corrected chi connectivity index (χ4v) is 2.94. The molecule has 0 bridgehead atoms. The Kier molecular flexibility index (Phi) is 7.38. The first-order chi connectivity index (χ1) is 13.6. The lowest BCUT2D eigenvalue weighted by molar-refractivity contribution is -0.148. The maximum atomic E-state index is 13.1. The lowest BCUT2D eigenvalue weighted by Gasteiger charge is -2.21. The minimum Gasteiger partial charge on any atom is -0.696 e. The predicted molar refractivity (Wildman–Crippen MR) is 98.9 cm³/mol. The number of pyridine rings is 1. The van der Waals surface area contributed by atoms with Gasteiger partial charge in [-0.1, -0.05) is 12.1 Å². The number of aliphatic carboxylic acids is 1. The summed E-state index contributed by atoms with van der Waals surface area (Å²) in [6.07, 6.45) is -2.47. The molecule has 2 N–H and O–H groups in total. The fourth-order valence-electron chi connectivity index (χ4n) is 2.94. The van der Waals surface area contributed by atoms with Crippen LogP contribution in [0.2, 0.25) is 0 Å². The van der Waals surface area contributed by atoms with E-state index < -0.39 is 30.4 Å². The SMILES string of the molecule is O=C(O)C1CCCN1CCC(F)(F)F.[NH-]c1ccc(-n2ccccc2=O)cc1F. The standard InChI is InChI=1S/C11H8FN2O.C8H12F3NO2/c12-9-7-8(4-5-10(9)13)14-6-2-1-3-11(14)15;9-8(10,11)3-5-12-4-1-2-6(12)7(13)14/h1-7,13H;6H,1-5H2,(H,13,14)/q-1;. The van der Waals surface area contributed by atoms with Crippen molar-refractivity contribution in [3.8, 4) is 5.69 Å². The molecule has 0 aliphatic carbocycles. The van der Waals surface area contributed by atoms with E-state index >= 15 is 0 Å². The maximum Gasteiger partial charge on any atom is 0.390 e. The fraction of sp³-hybridized carbons (Fsp3) is 0.368. The summed E-state index contributed by atoms with van der Waals surface area (Å²) in [5.74, 6) is -1.66. The number of nitrogens with zero attached hydrogens (tertiary/aromatic N) is 2. The second-order valence-electron chi connectivity index (χ2n) is 6.47. The van der Waals surface area contributed by atoms with Gasteiger partial charge >= 0.3 is 12.1 Å². The minimum atomic E-state index is -4.20. The molecule has 2 aromatic rings. The Morgan fingerprint density at radius 1 is 1.24 bits per heavy atom. The van der Waals surface area contributed by atoms with E-state index in [0.717, 1.165) is 0 Å². The molecular formula is C19H20F4N3O3-. The molecule has 1 fully saturated rings. The van der Waals surface area contributed by atoms with Gasteiger partial charge in [0, 0.05) is 18.8 Å². The summed E-state index contributed by atoms with van der Waals surface area (Å²) in [5.41, 5.74) is 7.19. The van der Waals surface area contributed by atoms with E-state index in [1.807, 2.05) is 0 Å². The average molecular weight is 414 g/mol. The van der Waals surface area contributed by atoms with E-state index in [4.69, 9.17) is 10.8 Å². The molecule has 6 nitrogen and oxygen atoms in total. The number of halogens is 4. The van der Waals surface area contributed by atoms with E-state index in [9.17, 15) is 27.2 Å².